The van der Waals surface area contributed by atoms with Crippen LogP contribution in [0.3, 0.4) is 0 Å². The molecule has 0 radical (unpaired) electrons. The Morgan fingerprint density at radius 1 is 1.50 bits per heavy atom. The van der Waals surface area contributed by atoms with Crippen LogP contribution in [0, 0.1) is 0 Å². The predicted octanol–water partition coefficient (Wildman–Crippen LogP) is 2.91. The van der Waals surface area contributed by atoms with Gasteiger partial charge in [-0.1, -0.05) is 6.42 Å². The van der Waals surface area contributed by atoms with Gasteiger partial charge in [-0.3, -0.25) is 10.1 Å². The largest absolute Gasteiger partial charge is 0.480 e. The Morgan fingerprint density at radius 2 is 2.20 bits per heavy atom. The Balaban J connectivity index is 2.22. The molecule has 1 aliphatic rings. The number of hydrogen-bond donors (Lipinski definition) is 2. The molecule has 0 bridgehead atoms. The van der Waals surface area contributed by atoms with Gasteiger partial charge in [0.2, 0.25) is 0 Å². The van der Waals surface area contributed by atoms with E-state index in [2.05, 4.69) is 12.2 Å². The van der Waals surface area contributed by atoms with Gasteiger partial charge in [0, 0.05) is 17.9 Å². The molecule has 1 heterocycles. The van der Waals surface area contributed by atoms with Crippen molar-refractivity contribution in [3.8, 4) is 0 Å². The highest BCUT2D eigenvalue weighted by Gasteiger charge is 2.32. The summed E-state index contributed by atoms with van der Waals surface area (Å²) in [6.45, 7) is 8.78. The molecule has 0 aromatic rings. The van der Waals surface area contributed by atoms with Crippen molar-refractivity contribution in [3.63, 3.8) is 0 Å². The minimum absolute atomic E-state index is 0.182. The first kappa shape index (κ1) is 17.8. The van der Waals surface area contributed by atoms with Gasteiger partial charge in [-0.05, 0) is 52.7 Å². The molecule has 20 heavy (non-hydrogen) atoms. The van der Waals surface area contributed by atoms with E-state index in [0.29, 0.717) is 17.8 Å². The molecule has 118 valence electrons. The van der Waals surface area contributed by atoms with E-state index in [-0.39, 0.29) is 6.04 Å². The fourth-order valence-corrected chi connectivity index (χ4v) is 3.91. The van der Waals surface area contributed by atoms with Crippen LogP contribution in [-0.2, 0) is 9.53 Å². The molecule has 0 saturated carbocycles. The van der Waals surface area contributed by atoms with E-state index in [1.807, 2.05) is 25.6 Å². The molecule has 0 aliphatic carbocycles. The highest BCUT2D eigenvalue weighted by molar-refractivity contribution is 7.99. The number of rotatable bonds is 9. The standard InChI is InChI=1S/C15H29NO3S/c1-11(2)16-15(4,14(17)18)8-5-6-10-20-13-7-9-19-12(13)3/h11-13,16H,5-10H2,1-4H3,(H,17,18). The van der Waals surface area contributed by atoms with Crippen LogP contribution in [0.5, 0.6) is 0 Å². The van der Waals surface area contributed by atoms with Gasteiger partial charge < -0.3 is 9.84 Å². The number of nitrogens with one attached hydrogen (secondary N) is 1. The molecule has 2 N–H and O–H groups in total. The van der Waals surface area contributed by atoms with Crippen molar-refractivity contribution in [2.45, 2.75) is 76.3 Å². The number of carboxylic acids is 1. The van der Waals surface area contributed by atoms with Crippen molar-refractivity contribution < 1.29 is 14.6 Å². The summed E-state index contributed by atoms with van der Waals surface area (Å²) in [5.41, 5.74) is -0.803. The third kappa shape index (κ3) is 5.62. The summed E-state index contributed by atoms with van der Waals surface area (Å²) in [4.78, 5) is 11.4. The number of hydrogen-bond acceptors (Lipinski definition) is 4. The SMILES string of the molecule is CC(C)NC(C)(CCCCSC1CCOC1C)C(=O)O. The van der Waals surface area contributed by atoms with E-state index in [1.165, 1.54) is 0 Å². The van der Waals surface area contributed by atoms with Crippen molar-refractivity contribution in [1.29, 1.82) is 0 Å². The zero-order valence-corrected chi connectivity index (χ0v) is 14.0. The molecule has 0 aromatic carbocycles. The quantitative estimate of drug-likeness (QED) is 0.641. The van der Waals surface area contributed by atoms with Gasteiger partial charge >= 0.3 is 5.97 Å². The second-order valence-corrected chi connectivity index (χ2v) is 7.51. The van der Waals surface area contributed by atoms with Gasteiger partial charge in [0.1, 0.15) is 5.54 Å². The lowest BCUT2D eigenvalue weighted by molar-refractivity contribution is -0.144. The summed E-state index contributed by atoms with van der Waals surface area (Å²) >= 11 is 1.97. The molecule has 1 fully saturated rings. The summed E-state index contributed by atoms with van der Waals surface area (Å²) in [7, 11) is 0. The number of carboxylic acid groups (broad SMARTS) is 1. The summed E-state index contributed by atoms with van der Waals surface area (Å²) in [5.74, 6) is 0.340. The second kappa shape index (κ2) is 8.25. The smallest absolute Gasteiger partial charge is 0.323 e. The number of ether oxygens (including phenoxy) is 1. The molecule has 0 amide bonds. The van der Waals surface area contributed by atoms with E-state index in [9.17, 15) is 9.90 Å². The van der Waals surface area contributed by atoms with E-state index >= 15 is 0 Å². The molecular weight excluding hydrogens is 274 g/mol. The number of thioether (sulfide) groups is 1. The Labute approximate surface area is 127 Å². The van der Waals surface area contributed by atoms with Gasteiger partial charge in [-0.2, -0.15) is 11.8 Å². The molecule has 1 rings (SSSR count). The normalized spacial score (nSPS) is 25.9. The van der Waals surface area contributed by atoms with Gasteiger partial charge in [-0.15, -0.1) is 0 Å². The maximum atomic E-state index is 11.4. The molecule has 0 aromatic heterocycles. The Morgan fingerprint density at radius 3 is 2.70 bits per heavy atom. The molecule has 5 heteroatoms. The van der Waals surface area contributed by atoms with Crippen molar-refractivity contribution in [3.05, 3.63) is 0 Å². The number of carbonyl (C=O) groups is 1. The molecule has 4 nitrogen and oxygen atoms in total. The third-order valence-electron chi connectivity index (χ3n) is 3.79. The van der Waals surface area contributed by atoms with E-state index in [1.54, 1.807) is 6.92 Å². The second-order valence-electron chi connectivity index (χ2n) is 6.17. The van der Waals surface area contributed by atoms with Crippen molar-refractivity contribution in [2.75, 3.05) is 12.4 Å². The van der Waals surface area contributed by atoms with Crippen LogP contribution in [0.25, 0.3) is 0 Å². The third-order valence-corrected chi connectivity index (χ3v) is 5.36. The molecule has 0 spiro atoms. The lowest BCUT2D eigenvalue weighted by Crippen LogP contribution is -2.52. The fraction of sp³-hybridized carbons (Fsp3) is 0.933. The van der Waals surface area contributed by atoms with E-state index in [4.69, 9.17) is 4.74 Å². The first-order valence-corrected chi connectivity index (χ1v) is 8.64. The van der Waals surface area contributed by atoms with Gasteiger partial charge in [-0.25, -0.2) is 0 Å². The summed E-state index contributed by atoms with van der Waals surface area (Å²) in [6, 6.07) is 0.182. The molecule has 3 unspecified atom stereocenters. The minimum Gasteiger partial charge on any atom is -0.480 e. The van der Waals surface area contributed by atoms with Crippen molar-refractivity contribution >= 4 is 17.7 Å². The highest BCUT2D eigenvalue weighted by Crippen LogP contribution is 2.27. The maximum Gasteiger partial charge on any atom is 0.323 e. The van der Waals surface area contributed by atoms with Crippen LogP contribution < -0.4 is 5.32 Å². The van der Waals surface area contributed by atoms with E-state index < -0.39 is 11.5 Å². The summed E-state index contributed by atoms with van der Waals surface area (Å²) < 4.78 is 5.54. The lowest BCUT2D eigenvalue weighted by atomic mass is 9.94. The predicted molar refractivity (Wildman–Crippen MR) is 84.4 cm³/mol. The van der Waals surface area contributed by atoms with Crippen LogP contribution in [0.4, 0.5) is 0 Å². The van der Waals surface area contributed by atoms with Crippen LogP contribution in [0.1, 0.15) is 53.4 Å². The Bertz CT molecular complexity index is 311. The average Bonchev–Trinajstić information content (AvgIpc) is 2.73. The maximum absolute atomic E-state index is 11.4. The van der Waals surface area contributed by atoms with Gasteiger partial charge in [0.15, 0.2) is 0 Å². The molecular formula is C15H29NO3S. The highest BCUT2D eigenvalue weighted by atomic mass is 32.2. The first-order chi connectivity index (χ1) is 9.35. The Kier molecular flexibility index (Phi) is 7.34. The van der Waals surface area contributed by atoms with Crippen LogP contribution >= 0.6 is 11.8 Å². The van der Waals surface area contributed by atoms with Crippen LogP contribution in [-0.4, -0.2) is 46.4 Å². The number of aliphatic carboxylic acids is 1. The zero-order chi connectivity index (χ0) is 15.2. The summed E-state index contributed by atoms with van der Waals surface area (Å²) in [5, 5.41) is 13.1. The zero-order valence-electron chi connectivity index (χ0n) is 13.1. The van der Waals surface area contributed by atoms with Crippen LogP contribution in [0.15, 0.2) is 0 Å². The van der Waals surface area contributed by atoms with E-state index in [0.717, 1.165) is 31.6 Å². The molecule has 1 aliphatic heterocycles. The van der Waals surface area contributed by atoms with Gasteiger partial charge in [0.05, 0.1) is 6.10 Å². The van der Waals surface area contributed by atoms with Crippen molar-refractivity contribution in [1.82, 2.24) is 5.32 Å². The Hall–Kier alpha value is -0.260. The monoisotopic (exact) mass is 303 g/mol. The number of unbranched alkanes of at least 4 members (excludes halogenated alkanes) is 1. The minimum atomic E-state index is -0.803. The average molecular weight is 303 g/mol. The fourth-order valence-electron chi connectivity index (χ4n) is 2.62. The first-order valence-electron chi connectivity index (χ1n) is 7.59. The summed E-state index contributed by atoms with van der Waals surface area (Å²) in [6.07, 6.45) is 4.20. The lowest BCUT2D eigenvalue weighted by Gasteiger charge is -2.28. The van der Waals surface area contributed by atoms with Crippen LogP contribution in [0.2, 0.25) is 0 Å². The topological polar surface area (TPSA) is 58.6 Å². The van der Waals surface area contributed by atoms with Gasteiger partial charge in [0.25, 0.3) is 0 Å². The molecule has 3 atom stereocenters. The van der Waals surface area contributed by atoms with Crippen molar-refractivity contribution in [2.24, 2.45) is 0 Å². The molecule has 1 saturated heterocycles.